The molecular weight excluding hydrogens is 304 g/mol. The fourth-order valence-corrected chi connectivity index (χ4v) is 2.61. The minimum atomic E-state index is -1.08. The Morgan fingerprint density at radius 3 is 2.70 bits per heavy atom. The Balaban J connectivity index is 2.27. The molecule has 0 aliphatic carbocycles. The van der Waals surface area contributed by atoms with E-state index >= 15 is 0 Å². The van der Waals surface area contributed by atoms with Crippen LogP contribution in [0.15, 0.2) is 30.5 Å². The van der Waals surface area contributed by atoms with Gasteiger partial charge >= 0.3 is 5.97 Å². The molecule has 2 heterocycles. The molecule has 0 fully saturated rings. The second-order valence-corrected chi connectivity index (χ2v) is 5.13. The summed E-state index contributed by atoms with van der Waals surface area (Å²) in [4.78, 5) is 10.8. The second kappa shape index (κ2) is 5.35. The number of nitrogens with zero attached hydrogens (tertiary/aromatic N) is 3. The number of aromatic nitrogens is 3. The molecule has 0 aliphatic rings. The number of aliphatic carboxylic acids is 1. The van der Waals surface area contributed by atoms with Crippen molar-refractivity contribution < 1.29 is 18.7 Å². The molecule has 0 saturated carbocycles. The van der Waals surface area contributed by atoms with Crippen molar-refractivity contribution in [3.8, 4) is 5.82 Å². The standard InChI is InChI=1S/C16H13F2N3O2/c1-9-11(3-4-15(22)23)16(20(2)19-9)21-6-5-10-7-12(17)13(18)8-14(10)21/h3-8H,1-2H3,(H,22,23). The van der Waals surface area contributed by atoms with E-state index in [2.05, 4.69) is 5.10 Å². The van der Waals surface area contributed by atoms with E-state index in [0.29, 0.717) is 28.0 Å². The molecule has 0 amide bonds. The van der Waals surface area contributed by atoms with E-state index < -0.39 is 17.6 Å². The zero-order valence-electron chi connectivity index (χ0n) is 12.4. The Hall–Kier alpha value is -2.96. The fourth-order valence-electron chi connectivity index (χ4n) is 2.61. The normalized spacial score (nSPS) is 11.7. The van der Waals surface area contributed by atoms with E-state index in [1.54, 1.807) is 35.5 Å². The number of carbonyl (C=O) groups is 1. The summed E-state index contributed by atoms with van der Waals surface area (Å²) in [6.45, 7) is 1.75. The van der Waals surface area contributed by atoms with Gasteiger partial charge in [0.1, 0.15) is 5.82 Å². The summed E-state index contributed by atoms with van der Waals surface area (Å²) in [7, 11) is 1.70. The third-order valence-corrected chi connectivity index (χ3v) is 3.59. The number of aryl methyl sites for hydroxylation is 2. The summed E-state index contributed by atoms with van der Waals surface area (Å²) in [6, 6.07) is 3.89. The van der Waals surface area contributed by atoms with Crippen LogP contribution in [0, 0.1) is 18.6 Å². The Morgan fingerprint density at radius 2 is 2.00 bits per heavy atom. The van der Waals surface area contributed by atoms with Crippen LogP contribution < -0.4 is 0 Å². The Labute approximate surface area is 130 Å². The van der Waals surface area contributed by atoms with Crippen molar-refractivity contribution in [3.05, 3.63) is 53.4 Å². The first kappa shape index (κ1) is 15.0. The average molecular weight is 317 g/mol. The van der Waals surface area contributed by atoms with Crippen LogP contribution >= 0.6 is 0 Å². The largest absolute Gasteiger partial charge is 0.478 e. The number of carboxylic acid groups (broad SMARTS) is 1. The fraction of sp³-hybridized carbons (Fsp3) is 0.125. The summed E-state index contributed by atoms with van der Waals surface area (Å²) < 4.78 is 30.2. The van der Waals surface area contributed by atoms with Crippen LogP contribution in [0.5, 0.6) is 0 Å². The van der Waals surface area contributed by atoms with Gasteiger partial charge in [-0.25, -0.2) is 13.6 Å². The lowest BCUT2D eigenvalue weighted by Crippen LogP contribution is -2.03. The minimum absolute atomic E-state index is 0.469. The lowest BCUT2D eigenvalue weighted by molar-refractivity contribution is -0.131. The molecule has 118 valence electrons. The molecule has 0 radical (unpaired) electrons. The molecule has 0 bridgehead atoms. The van der Waals surface area contributed by atoms with Gasteiger partial charge in [-0.2, -0.15) is 5.10 Å². The van der Waals surface area contributed by atoms with Crippen LogP contribution in [0.2, 0.25) is 0 Å². The molecular formula is C16H13F2N3O2. The smallest absolute Gasteiger partial charge is 0.328 e. The van der Waals surface area contributed by atoms with E-state index in [-0.39, 0.29) is 0 Å². The maximum absolute atomic E-state index is 13.6. The van der Waals surface area contributed by atoms with Crippen molar-refractivity contribution in [1.82, 2.24) is 14.3 Å². The number of hydrogen-bond acceptors (Lipinski definition) is 2. The van der Waals surface area contributed by atoms with Gasteiger partial charge in [-0.3, -0.25) is 4.68 Å². The van der Waals surface area contributed by atoms with Gasteiger partial charge in [0.15, 0.2) is 11.6 Å². The van der Waals surface area contributed by atoms with E-state index in [1.807, 2.05) is 0 Å². The number of hydrogen-bond donors (Lipinski definition) is 1. The van der Waals surface area contributed by atoms with Gasteiger partial charge in [-0.15, -0.1) is 0 Å². The highest BCUT2D eigenvalue weighted by molar-refractivity contribution is 5.87. The third-order valence-electron chi connectivity index (χ3n) is 3.59. The van der Waals surface area contributed by atoms with Crippen molar-refractivity contribution in [2.24, 2.45) is 7.05 Å². The molecule has 1 N–H and O–H groups in total. The van der Waals surface area contributed by atoms with Crippen LogP contribution in [0.3, 0.4) is 0 Å². The first-order valence-electron chi connectivity index (χ1n) is 6.79. The maximum atomic E-state index is 13.6. The van der Waals surface area contributed by atoms with Crippen LogP contribution in [-0.4, -0.2) is 25.4 Å². The summed E-state index contributed by atoms with van der Waals surface area (Å²) in [5, 5.41) is 13.6. The predicted octanol–water partition coefficient (Wildman–Crippen LogP) is 3.05. The predicted molar refractivity (Wildman–Crippen MR) is 81.4 cm³/mol. The zero-order chi connectivity index (χ0) is 16.7. The van der Waals surface area contributed by atoms with Crippen molar-refractivity contribution in [2.75, 3.05) is 0 Å². The third kappa shape index (κ3) is 2.50. The van der Waals surface area contributed by atoms with E-state index in [1.165, 1.54) is 6.08 Å². The first-order chi connectivity index (χ1) is 10.9. The molecule has 2 aromatic heterocycles. The molecule has 23 heavy (non-hydrogen) atoms. The molecule has 0 atom stereocenters. The molecule has 7 heteroatoms. The molecule has 3 rings (SSSR count). The number of benzene rings is 1. The number of rotatable bonds is 3. The van der Waals surface area contributed by atoms with Gasteiger partial charge in [0.25, 0.3) is 0 Å². The van der Waals surface area contributed by atoms with Gasteiger partial charge < -0.3 is 9.67 Å². The molecule has 3 aromatic rings. The number of fused-ring (bicyclic) bond motifs is 1. The van der Waals surface area contributed by atoms with Crippen LogP contribution in [0.1, 0.15) is 11.3 Å². The topological polar surface area (TPSA) is 60.0 Å². The quantitative estimate of drug-likeness (QED) is 0.755. The molecule has 0 aliphatic heterocycles. The highest BCUT2D eigenvalue weighted by atomic mass is 19.2. The molecule has 0 spiro atoms. The van der Waals surface area contributed by atoms with Crippen LogP contribution in [0.25, 0.3) is 22.8 Å². The minimum Gasteiger partial charge on any atom is -0.478 e. The lowest BCUT2D eigenvalue weighted by Gasteiger charge is -2.08. The number of halogens is 2. The van der Waals surface area contributed by atoms with Gasteiger partial charge in [0.05, 0.1) is 11.2 Å². The number of carboxylic acids is 1. The monoisotopic (exact) mass is 317 g/mol. The SMILES string of the molecule is Cc1nn(C)c(-n2ccc3cc(F)c(F)cc32)c1C=CC(=O)O. The maximum Gasteiger partial charge on any atom is 0.328 e. The highest BCUT2D eigenvalue weighted by Gasteiger charge is 2.16. The van der Waals surface area contributed by atoms with Crippen molar-refractivity contribution >= 4 is 22.9 Å². The lowest BCUT2D eigenvalue weighted by atomic mass is 10.2. The van der Waals surface area contributed by atoms with Gasteiger partial charge in [-0.1, -0.05) is 0 Å². The highest BCUT2D eigenvalue weighted by Crippen LogP contribution is 2.27. The Kier molecular flexibility index (Phi) is 3.48. The van der Waals surface area contributed by atoms with Gasteiger partial charge in [-0.05, 0) is 25.1 Å². The first-order valence-corrected chi connectivity index (χ1v) is 6.79. The molecule has 0 saturated heterocycles. The van der Waals surface area contributed by atoms with E-state index in [9.17, 15) is 13.6 Å². The van der Waals surface area contributed by atoms with Crippen molar-refractivity contribution in [2.45, 2.75) is 6.92 Å². The summed E-state index contributed by atoms with van der Waals surface area (Å²) in [6.07, 6.45) is 4.11. The van der Waals surface area contributed by atoms with Crippen LogP contribution in [0.4, 0.5) is 8.78 Å². The average Bonchev–Trinajstić information content (AvgIpc) is 2.97. The van der Waals surface area contributed by atoms with Gasteiger partial charge in [0, 0.05) is 36.3 Å². The summed E-state index contributed by atoms with van der Waals surface area (Å²) in [5.74, 6) is -2.37. The summed E-state index contributed by atoms with van der Waals surface area (Å²) in [5.41, 5.74) is 1.69. The summed E-state index contributed by atoms with van der Waals surface area (Å²) >= 11 is 0. The van der Waals surface area contributed by atoms with Crippen molar-refractivity contribution in [3.63, 3.8) is 0 Å². The second-order valence-electron chi connectivity index (χ2n) is 5.13. The molecule has 1 aromatic carbocycles. The molecule has 5 nitrogen and oxygen atoms in total. The Bertz CT molecular complexity index is 954. The van der Waals surface area contributed by atoms with E-state index in [4.69, 9.17) is 5.11 Å². The van der Waals surface area contributed by atoms with E-state index in [0.717, 1.165) is 18.2 Å². The molecule has 0 unspecified atom stereocenters. The van der Waals surface area contributed by atoms with Crippen molar-refractivity contribution in [1.29, 1.82) is 0 Å². The zero-order valence-corrected chi connectivity index (χ0v) is 12.4. The van der Waals surface area contributed by atoms with Gasteiger partial charge in [0.2, 0.25) is 0 Å². The van der Waals surface area contributed by atoms with Crippen LogP contribution in [-0.2, 0) is 11.8 Å². The Morgan fingerprint density at radius 1 is 1.30 bits per heavy atom.